The van der Waals surface area contributed by atoms with Gasteiger partial charge in [-0.2, -0.15) is 5.10 Å². The van der Waals surface area contributed by atoms with E-state index in [4.69, 9.17) is 4.98 Å². The number of aryl methyl sites for hydroxylation is 3. The minimum atomic E-state index is 0.0764. The zero-order chi connectivity index (χ0) is 20.2. The average molecular weight is 405 g/mol. The van der Waals surface area contributed by atoms with Crippen LogP contribution in [0.5, 0.6) is 0 Å². The molecule has 0 unspecified atom stereocenters. The minimum absolute atomic E-state index is 0.0764. The maximum atomic E-state index is 13.2. The normalized spacial score (nSPS) is 11.1. The summed E-state index contributed by atoms with van der Waals surface area (Å²) in [5.41, 5.74) is 4.20. The zero-order valence-electron chi connectivity index (χ0n) is 16.7. The molecule has 4 rings (SSSR count). The molecule has 0 spiro atoms. The number of aromatic nitrogens is 3. The number of anilines is 1. The van der Waals surface area contributed by atoms with Crippen LogP contribution in [-0.4, -0.2) is 27.2 Å². The highest BCUT2D eigenvalue weighted by molar-refractivity contribution is 7.22. The second kappa shape index (κ2) is 8.57. The van der Waals surface area contributed by atoms with Crippen LogP contribution < -0.4 is 4.90 Å². The molecule has 0 aliphatic rings. The summed E-state index contributed by atoms with van der Waals surface area (Å²) in [5, 5.41) is 5.24. The molecule has 0 aliphatic carbocycles. The molecule has 2 heterocycles. The fourth-order valence-electron chi connectivity index (χ4n) is 3.43. The van der Waals surface area contributed by atoms with Gasteiger partial charge in [-0.1, -0.05) is 53.8 Å². The Morgan fingerprint density at radius 2 is 1.83 bits per heavy atom. The Labute approximate surface area is 174 Å². The maximum Gasteiger partial charge on any atom is 0.230 e. The van der Waals surface area contributed by atoms with Gasteiger partial charge in [-0.3, -0.25) is 14.4 Å². The van der Waals surface area contributed by atoms with Gasteiger partial charge >= 0.3 is 0 Å². The van der Waals surface area contributed by atoms with Crippen LogP contribution in [0.25, 0.3) is 10.2 Å². The molecule has 148 valence electrons. The average Bonchev–Trinajstić information content (AvgIpc) is 3.29. The number of carbonyl (C=O) groups is 1. The number of benzene rings is 2. The molecule has 0 fully saturated rings. The van der Waals surface area contributed by atoms with Gasteiger partial charge in [-0.25, -0.2) is 4.98 Å². The van der Waals surface area contributed by atoms with E-state index in [1.807, 2.05) is 72.0 Å². The second-order valence-corrected chi connectivity index (χ2v) is 8.15. The van der Waals surface area contributed by atoms with Gasteiger partial charge in [-0.05, 0) is 44.0 Å². The van der Waals surface area contributed by atoms with E-state index < -0.39 is 0 Å². The van der Waals surface area contributed by atoms with E-state index >= 15 is 0 Å². The van der Waals surface area contributed by atoms with Crippen LogP contribution in [0.4, 0.5) is 5.13 Å². The summed E-state index contributed by atoms with van der Waals surface area (Å²) >= 11 is 1.57. The van der Waals surface area contributed by atoms with Crippen molar-refractivity contribution in [3.63, 3.8) is 0 Å². The lowest BCUT2D eigenvalue weighted by Gasteiger charge is -2.20. The van der Waals surface area contributed by atoms with Crippen molar-refractivity contribution in [2.75, 3.05) is 11.4 Å². The van der Waals surface area contributed by atoms with Gasteiger partial charge in [0.1, 0.15) is 0 Å². The summed E-state index contributed by atoms with van der Waals surface area (Å²) in [4.78, 5) is 19.7. The van der Waals surface area contributed by atoms with Gasteiger partial charge in [0.25, 0.3) is 0 Å². The lowest BCUT2D eigenvalue weighted by molar-refractivity contribution is -0.118. The number of carbonyl (C=O) groups excluding carboxylic acids is 1. The Bertz CT molecular complexity index is 1080. The fraction of sp³-hybridized carbons (Fsp3) is 0.261. The fourth-order valence-corrected chi connectivity index (χ4v) is 4.43. The summed E-state index contributed by atoms with van der Waals surface area (Å²) in [6, 6.07) is 20.3. The molecule has 2 aromatic carbocycles. The van der Waals surface area contributed by atoms with Crippen molar-refractivity contribution in [2.24, 2.45) is 0 Å². The third kappa shape index (κ3) is 4.54. The molecule has 0 bridgehead atoms. The zero-order valence-corrected chi connectivity index (χ0v) is 17.5. The standard InChI is InChI=1S/C23H24N4OS/c1-17-16-18(2)27(25-17)15-13-22(28)26(14-12-19-8-4-3-5-9-19)23-24-20-10-6-7-11-21(20)29-23/h3-11,16H,12-15H2,1-2H3. The summed E-state index contributed by atoms with van der Waals surface area (Å²) < 4.78 is 3.00. The quantitative estimate of drug-likeness (QED) is 0.446. The van der Waals surface area contributed by atoms with Crippen LogP contribution in [-0.2, 0) is 17.8 Å². The predicted molar refractivity (Wildman–Crippen MR) is 118 cm³/mol. The monoisotopic (exact) mass is 404 g/mol. The first-order chi connectivity index (χ1) is 14.1. The molecule has 6 heteroatoms. The number of rotatable bonds is 7. The molecule has 29 heavy (non-hydrogen) atoms. The highest BCUT2D eigenvalue weighted by atomic mass is 32.1. The van der Waals surface area contributed by atoms with E-state index in [1.54, 1.807) is 11.3 Å². The van der Waals surface area contributed by atoms with Crippen LogP contribution in [0.1, 0.15) is 23.4 Å². The van der Waals surface area contributed by atoms with Crippen molar-refractivity contribution >= 4 is 32.6 Å². The third-order valence-electron chi connectivity index (χ3n) is 4.92. The van der Waals surface area contributed by atoms with Crippen LogP contribution in [0, 0.1) is 13.8 Å². The molecular weight excluding hydrogens is 380 g/mol. The SMILES string of the molecule is Cc1cc(C)n(CCC(=O)N(CCc2ccccc2)c2nc3ccccc3s2)n1. The Kier molecular flexibility index (Phi) is 5.71. The van der Waals surface area contributed by atoms with Gasteiger partial charge in [0.05, 0.1) is 15.9 Å². The van der Waals surface area contributed by atoms with Crippen molar-refractivity contribution < 1.29 is 4.79 Å². The predicted octanol–water partition coefficient (Wildman–Crippen LogP) is 4.78. The van der Waals surface area contributed by atoms with Crippen LogP contribution in [0.15, 0.2) is 60.7 Å². The first-order valence-electron chi connectivity index (χ1n) is 9.81. The molecule has 0 N–H and O–H groups in total. The molecule has 0 saturated carbocycles. The van der Waals surface area contributed by atoms with Crippen molar-refractivity contribution in [1.29, 1.82) is 0 Å². The van der Waals surface area contributed by atoms with Crippen molar-refractivity contribution in [3.05, 3.63) is 77.6 Å². The van der Waals surface area contributed by atoms with Gasteiger partial charge < -0.3 is 0 Å². The van der Waals surface area contributed by atoms with E-state index in [9.17, 15) is 4.79 Å². The lowest BCUT2D eigenvalue weighted by Crippen LogP contribution is -2.33. The van der Waals surface area contributed by atoms with Gasteiger partial charge in [0, 0.05) is 25.2 Å². The Morgan fingerprint density at radius 1 is 1.07 bits per heavy atom. The van der Waals surface area contributed by atoms with Gasteiger partial charge in [0.15, 0.2) is 5.13 Å². The highest BCUT2D eigenvalue weighted by Crippen LogP contribution is 2.29. The Hall–Kier alpha value is -2.99. The molecule has 0 saturated heterocycles. The Balaban J connectivity index is 1.54. The number of hydrogen-bond donors (Lipinski definition) is 0. The van der Waals surface area contributed by atoms with E-state index in [0.29, 0.717) is 19.5 Å². The number of nitrogens with zero attached hydrogens (tertiary/aromatic N) is 4. The topological polar surface area (TPSA) is 51.0 Å². The molecule has 4 aromatic rings. The van der Waals surface area contributed by atoms with Crippen molar-refractivity contribution in [1.82, 2.24) is 14.8 Å². The van der Waals surface area contributed by atoms with Crippen LogP contribution in [0.2, 0.25) is 0 Å². The highest BCUT2D eigenvalue weighted by Gasteiger charge is 2.20. The molecule has 0 atom stereocenters. The van der Waals surface area contributed by atoms with Gasteiger partial charge in [0.2, 0.25) is 5.91 Å². The summed E-state index contributed by atoms with van der Waals surface area (Å²) in [6.07, 6.45) is 1.19. The van der Waals surface area contributed by atoms with E-state index in [2.05, 4.69) is 17.2 Å². The summed E-state index contributed by atoms with van der Waals surface area (Å²) in [7, 11) is 0. The lowest BCUT2D eigenvalue weighted by atomic mass is 10.1. The van der Waals surface area contributed by atoms with Crippen LogP contribution in [0.3, 0.4) is 0 Å². The molecule has 5 nitrogen and oxygen atoms in total. The first-order valence-corrected chi connectivity index (χ1v) is 10.6. The largest absolute Gasteiger partial charge is 0.288 e. The molecule has 2 aromatic heterocycles. The molecule has 0 radical (unpaired) electrons. The first kappa shape index (κ1) is 19.3. The van der Waals surface area contributed by atoms with E-state index in [-0.39, 0.29) is 5.91 Å². The number of thiazole rings is 1. The van der Waals surface area contributed by atoms with E-state index in [1.165, 1.54) is 5.56 Å². The van der Waals surface area contributed by atoms with Crippen molar-refractivity contribution in [2.45, 2.75) is 33.2 Å². The number of hydrogen-bond acceptors (Lipinski definition) is 4. The number of amides is 1. The smallest absolute Gasteiger partial charge is 0.230 e. The summed E-state index contributed by atoms with van der Waals surface area (Å²) in [6.45, 7) is 5.18. The third-order valence-corrected chi connectivity index (χ3v) is 5.98. The Morgan fingerprint density at radius 3 is 2.55 bits per heavy atom. The number of para-hydroxylation sites is 1. The molecular formula is C23H24N4OS. The van der Waals surface area contributed by atoms with E-state index in [0.717, 1.165) is 33.2 Å². The van der Waals surface area contributed by atoms with Gasteiger partial charge in [-0.15, -0.1) is 0 Å². The molecule has 0 aliphatic heterocycles. The van der Waals surface area contributed by atoms with Crippen molar-refractivity contribution in [3.8, 4) is 0 Å². The second-order valence-electron chi connectivity index (χ2n) is 7.15. The number of fused-ring (bicyclic) bond motifs is 1. The summed E-state index contributed by atoms with van der Waals surface area (Å²) in [5.74, 6) is 0.0764. The van der Waals surface area contributed by atoms with Crippen LogP contribution >= 0.6 is 11.3 Å². The maximum absolute atomic E-state index is 13.2. The minimum Gasteiger partial charge on any atom is -0.288 e. The molecule has 1 amide bonds.